The lowest BCUT2D eigenvalue weighted by molar-refractivity contribution is 0.234. The Morgan fingerprint density at radius 3 is 2.56 bits per heavy atom. The van der Waals surface area contributed by atoms with E-state index in [4.69, 9.17) is 25.4 Å². The van der Waals surface area contributed by atoms with Crippen LogP contribution in [0.2, 0.25) is 0 Å². The van der Waals surface area contributed by atoms with Crippen molar-refractivity contribution in [1.29, 1.82) is 0 Å². The lowest BCUT2D eigenvalue weighted by atomic mass is 9.91. The van der Waals surface area contributed by atoms with Gasteiger partial charge in [-0.05, 0) is 59.0 Å². The van der Waals surface area contributed by atoms with Crippen molar-refractivity contribution in [3.63, 3.8) is 0 Å². The van der Waals surface area contributed by atoms with Crippen molar-refractivity contribution < 1.29 is 4.74 Å². The van der Waals surface area contributed by atoms with Gasteiger partial charge in [0, 0.05) is 43.7 Å². The highest BCUT2D eigenvalue weighted by molar-refractivity contribution is 5.74. The van der Waals surface area contributed by atoms with E-state index < -0.39 is 0 Å². The van der Waals surface area contributed by atoms with Crippen LogP contribution in [0.1, 0.15) is 57.8 Å². The molecular weight excluding hydrogens is 492 g/mol. The lowest BCUT2D eigenvalue weighted by Gasteiger charge is -2.24. The van der Waals surface area contributed by atoms with Crippen LogP contribution in [0, 0.1) is 0 Å². The molecule has 0 bridgehead atoms. The first-order valence-corrected chi connectivity index (χ1v) is 13.6. The fourth-order valence-electron chi connectivity index (χ4n) is 4.79. The Bertz CT molecular complexity index is 1340. The first-order chi connectivity index (χ1) is 18.5. The maximum absolute atomic E-state index is 6.45. The van der Waals surface area contributed by atoms with E-state index in [1.165, 1.54) is 24.9 Å². The smallest absolute Gasteiger partial charge is 0.240 e. The molecule has 0 aromatic carbocycles. The number of fused-ring (bicyclic) bond motifs is 1. The number of nitrogens with two attached hydrogens (primary N) is 1. The van der Waals surface area contributed by atoms with E-state index in [0.29, 0.717) is 40.9 Å². The number of likely N-dealkylation sites (N-methyl/N-ethyl adjacent to an activating group) is 2. The summed E-state index contributed by atoms with van der Waals surface area (Å²) < 4.78 is 6.07. The minimum atomic E-state index is -0.120. The molecule has 0 spiro atoms. The van der Waals surface area contributed by atoms with Crippen LogP contribution in [0.25, 0.3) is 0 Å². The van der Waals surface area contributed by atoms with Gasteiger partial charge in [0.15, 0.2) is 5.82 Å². The first-order valence-electron chi connectivity index (χ1n) is 13.6. The largest absolute Gasteiger partial charge is 0.473 e. The fourth-order valence-corrected chi connectivity index (χ4v) is 4.79. The lowest BCUT2D eigenvalue weighted by Crippen LogP contribution is -2.29. The molecule has 3 aromatic rings. The Hall–Kier alpha value is -3.73. The summed E-state index contributed by atoms with van der Waals surface area (Å²) in [6, 6.07) is 6.13. The monoisotopic (exact) mass is 532 g/mol. The van der Waals surface area contributed by atoms with Crippen LogP contribution in [0.3, 0.4) is 0 Å². The molecule has 2 aliphatic rings. The molecule has 39 heavy (non-hydrogen) atoms. The van der Waals surface area contributed by atoms with Crippen molar-refractivity contribution in [2.24, 2.45) is 0 Å². The Labute approximate surface area is 230 Å². The average molecular weight is 533 g/mol. The van der Waals surface area contributed by atoms with Gasteiger partial charge in [-0.2, -0.15) is 9.97 Å². The summed E-state index contributed by atoms with van der Waals surface area (Å²) in [6.07, 6.45) is 3.90. The average Bonchev–Trinajstić information content (AvgIpc) is 3.69. The molecule has 0 radical (unpaired) electrons. The van der Waals surface area contributed by atoms with Crippen LogP contribution in [0.4, 0.5) is 34.8 Å². The second-order valence-corrected chi connectivity index (χ2v) is 11.7. The van der Waals surface area contributed by atoms with Gasteiger partial charge >= 0.3 is 0 Å². The number of rotatable bonds is 10. The third kappa shape index (κ3) is 5.83. The molecule has 3 N–H and O–H groups in total. The minimum Gasteiger partial charge on any atom is -0.473 e. The molecule has 0 amide bonds. The summed E-state index contributed by atoms with van der Waals surface area (Å²) >= 11 is 0. The third-order valence-electron chi connectivity index (χ3n) is 7.01. The van der Waals surface area contributed by atoms with Crippen molar-refractivity contribution in [2.45, 2.75) is 58.0 Å². The summed E-state index contributed by atoms with van der Waals surface area (Å²) in [5, 5.41) is 3.28. The van der Waals surface area contributed by atoms with E-state index in [2.05, 4.69) is 51.1 Å². The van der Waals surface area contributed by atoms with Gasteiger partial charge in [-0.1, -0.05) is 13.8 Å². The van der Waals surface area contributed by atoms with E-state index in [1.807, 2.05) is 46.0 Å². The van der Waals surface area contributed by atoms with E-state index in [-0.39, 0.29) is 11.5 Å². The summed E-state index contributed by atoms with van der Waals surface area (Å²) in [4.78, 5) is 29.8. The summed E-state index contributed by atoms with van der Waals surface area (Å²) in [7, 11) is 6.06. The quantitative estimate of drug-likeness (QED) is 0.393. The van der Waals surface area contributed by atoms with Crippen LogP contribution in [-0.4, -0.2) is 76.7 Å². The van der Waals surface area contributed by atoms with Crippen LogP contribution in [0.15, 0.2) is 24.5 Å². The molecule has 1 saturated carbocycles. The Balaban J connectivity index is 1.42. The highest BCUT2D eigenvalue weighted by atomic mass is 16.5. The Kier molecular flexibility index (Phi) is 7.19. The maximum Gasteiger partial charge on any atom is 0.240 e. The van der Waals surface area contributed by atoms with E-state index in [9.17, 15) is 0 Å². The van der Waals surface area contributed by atoms with Gasteiger partial charge < -0.3 is 30.5 Å². The van der Waals surface area contributed by atoms with Gasteiger partial charge in [-0.15, -0.1) is 0 Å². The van der Waals surface area contributed by atoms with Gasteiger partial charge in [0.05, 0.1) is 23.2 Å². The number of anilines is 6. The summed E-state index contributed by atoms with van der Waals surface area (Å²) in [5.41, 5.74) is 10.8. The normalized spacial score (nSPS) is 16.1. The highest BCUT2D eigenvalue weighted by Crippen LogP contribution is 2.46. The number of hydrogen-bond acceptors (Lipinski definition) is 11. The molecule has 5 rings (SSSR count). The van der Waals surface area contributed by atoms with Crippen molar-refractivity contribution in [2.75, 3.05) is 61.6 Å². The molecule has 0 saturated heterocycles. The first kappa shape index (κ1) is 26.9. The molecule has 1 aliphatic heterocycles. The SMILES string of the molecule is CC(C)Oc1nc(N(C)CCN(C)C)c(N)cc1Nc1ncnc(N2CC(C)(C)c3nc(C4CC4)ccc32)n1. The number of nitrogens with zero attached hydrogens (tertiary/aromatic N) is 8. The van der Waals surface area contributed by atoms with Gasteiger partial charge in [0.1, 0.15) is 12.0 Å². The molecular formula is C28H40N10O. The van der Waals surface area contributed by atoms with E-state index in [1.54, 1.807) is 0 Å². The van der Waals surface area contributed by atoms with Crippen LogP contribution in [0.5, 0.6) is 5.88 Å². The number of aromatic nitrogens is 5. The number of pyridine rings is 2. The minimum absolute atomic E-state index is 0.0770. The molecule has 4 heterocycles. The van der Waals surface area contributed by atoms with Gasteiger partial charge in [0.2, 0.25) is 17.8 Å². The van der Waals surface area contributed by atoms with E-state index in [0.717, 1.165) is 31.0 Å². The molecule has 11 heteroatoms. The Morgan fingerprint density at radius 2 is 1.87 bits per heavy atom. The van der Waals surface area contributed by atoms with Crippen molar-refractivity contribution in [3.8, 4) is 5.88 Å². The zero-order valence-corrected chi connectivity index (χ0v) is 24.1. The van der Waals surface area contributed by atoms with Gasteiger partial charge in [-0.25, -0.2) is 9.97 Å². The molecule has 11 nitrogen and oxygen atoms in total. The highest BCUT2D eigenvalue weighted by Gasteiger charge is 2.40. The summed E-state index contributed by atoms with van der Waals surface area (Å²) in [5.74, 6) is 2.67. The maximum atomic E-state index is 6.45. The number of hydrogen-bond donors (Lipinski definition) is 2. The number of ether oxygens (including phenoxy) is 1. The van der Waals surface area contributed by atoms with Gasteiger partial charge in [0.25, 0.3) is 0 Å². The van der Waals surface area contributed by atoms with Crippen LogP contribution < -0.4 is 25.6 Å². The van der Waals surface area contributed by atoms with E-state index >= 15 is 0 Å². The second-order valence-electron chi connectivity index (χ2n) is 11.7. The van der Waals surface area contributed by atoms with Crippen molar-refractivity contribution >= 4 is 34.8 Å². The predicted octanol–water partition coefficient (Wildman–Crippen LogP) is 4.08. The standard InChI is InChI=1S/C28H40N10O/c1-17(2)39-25-21(14-19(29)24(34-25)37(7)13-12-36(5)6)33-26-30-16-31-27(35-26)38-15-28(3,4)23-22(38)11-10-20(32-23)18-8-9-18/h10-11,14,16-18H,8-9,12-13,15,29H2,1-7H3,(H,30,31,33,35). The fraction of sp³-hybridized carbons (Fsp3) is 0.536. The van der Waals surface area contributed by atoms with Crippen LogP contribution in [-0.2, 0) is 5.41 Å². The zero-order valence-electron chi connectivity index (χ0n) is 24.1. The molecule has 0 atom stereocenters. The molecule has 1 fully saturated rings. The third-order valence-corrected chi connectivity index (χ3v) is 7.01. The summed E-state index contributed by atoms with van der Waals surface area (Å²) in [6.45, 7) is 10.8. The number of nitrogens with one attached hydrogen (secondary N) is 1. The van der Waals surface area contributed by atoms with Gasteiger partial charge in [-0.3, -0.25) is 4.98 Å². The molecule has 3 aromatic heterocycles. The molecule has 208 valence electrons. The van der Waals surface area contributed by atoms with Crippen LogP contribution >= 0.6 is 0 Å². The topological polar surface area (TPSA) is 121 Å². The van der Waals surface area contributed by atoms with Crippen molar-refractivity contribution in [3.05, 3.63) is 35.9 Å². The van der Waals surface area contributed by atoms with Crippen molar-refractivity contribution in [1.82, 2.24) is 29.8 Å². The number of nitrogen functional groups attached to an aromatic ring is 1. The molecule has 0 unspecified atom stereocenters. The zero-order chi connectivity index (χ0) is 27.9. The second kappa shape index (κ2) is 10.4. The predicted molar refractivity (Wildman–Crippen MR) is 156 cm³/mol. The Morgan fingerprint density at radius 1 is 1.10 bits per heavy atom. The molecule has 1 aliphatic carbocycles.